The summed E-state index contributed by atoms with van der Waals surface area (Å²) in [5.74, 6) is 2.76. The van der Waals surface area contributed by atoms with Crippen LogP contribution in [0.1, 0.15) is 102 Å². The second-order valence-corrected chi connectivity index (χ2v) is 12.4. The second-order valence-electron chi connectivity index (χ2n) is 12.4. The Balaban J connectivity index is 1.30. The van der Waals surface area contributed by atoms with Crippen molar-refractivity contribution in [2.45, 2.75) is 97.5 Å². The Morgan fingerprint density at radius 3 is 2.65 bits per heavy atom. The zero-order chi connectivity index (χ0) is 23.9. The van der Waals surface area contributed by atoms with Crippen LogP contribution in [0.3, 0.4) is 0 Å². The molecule has 0 amide bonds. The first-order valence-corrected chi connectivity index (χ1v) is 14.0. The molecule has 0 radical (unpaired) electrons. The van der Waals surface area contributed by atoms with E-state index in [0.717, 1.165) is 43.9 Å². The first-order chi connectivity index (χ1) is 16.4. The number of aliphatic hydroxyl groups is 1. The molecule has 0 unspecified atom stereocenters. The molecule has 0 saturated heterocycles. The fourth-order valence-corrected chi connectivity index (χ4v) is 8.91. The van der Waals surface area contributed by atoms with Gasteiger partial charge in [0.2, 0.25) is 0 Å². The first kappa shape index (κ1) is 24.1. The molecule has 0 heterocycles. The lowest BCUT2D eigenvalue weighted by atomic mass is 9.50. The highest BCUT2D eigenvalue weighted by Gasteiger charge is 2.56. The first-order valence-electron chi connectivity index (χ1n) is 14.0. The lowest BCUT2D eigenvalue weighted by Gasteiger charge is -2.55. The predicted molar refractivity (Wildman–Crippen MR) is 136 cm³/mol. The lowest BCUT2D eigenvalue weighted by Crippen LogP contribution is -2.46. The maximum absolute atomic E-state index is 12.6. The molecular formula is C31H44O3. The van der Waals surface area contributed by atoms with E-state index in [1.54, 1.807) is 0 Å². The third-order valence-corrected chi connectivity index (χ3v) is 10.8. The van der Waals surface area contributed by atoms with Gasteiger partial charge >= 0.3 is 5.97 Å². The number of carbonyl (C=O) groups is 1. The summed E-state index contributed by atoms with van der Waals surface area (Å²) in [7, 11) is 0. The van der Waals surface area contributed by atoms with Gasteiger partial charge in [-0.2, -0.15) is 0 Å². The van der Waals surface area contributed by atoms with Crippen molar-refractivity contribution in [1.29, 1.82) is 0 Å². The standard InChI is InChI=1S/C31H44O3/c1-21(8-7-19-32)26-13-14-27-25-12-11-23-20-24(34-29(33)22-9-5-4-6-10-22)15-17-30(23,2)28(25)16-18-31(26,27)3/h4-6,9-10,21,23-24,26-27,32H,7-8,11-20H2,1-3H3/t21-,23+,24+,26-,27+,30+,31-/m1/s1. The summed E-state index contributed by atoms with van der Waals surface area (Å²) in [5.41, 5.74) is 5.05. The Morgan fingerprint density at radius 1 is 1.09 bits per heavy atom. The van der Waals surface area contributed by atoms with Crippen LogP contribution in [-0.2, 0) is 4.74 Å². The molecule has 7 atom stereocenters. The van der Waals surface area contributed by atoms with Crippen molar-refractivity contribution in [3.63, 3.8) is 0 Å². The monoisotopic (exact) mass is 464 g/mol. The highest BCUT2D eigenvalue weighted by molar-refractivity contribution is 5.89. The molecule has 0 bridgehead atoms. The smallest absolute Gasteiger partial charge is 0.338 e. The highest BCUT2D eigenvalue weighted by Crippen LogP contribution is 2.66. The van der Waals surface area contributed by atoms with E-state index in [-0.39, 0.29) is 12.1 Å². The molecule has 3 heteroatoms. The van der Waals surface area contributed by atoms with Crippen molar-refractivity contribution in [1.82, 2.24) is 0 Å². The molecule has 3 nitrogen and oxygen atoms in total. The fraction of sp³-hybridized carbons (Fsp3) is 0.710. The predicted octanol–water partition coefficient (Wildman–Crippen LogP) is 7.34. The summed E-state index contributed by atoms with van der Waals surface area (Å²) < 4.78 is 5.99. The molecule has 34 heavy (non-hydrogen) atoms. The number of ether oxygens (including phenoxy) is 1. The van der Waals surface area contributed by atoms with Crippen molar-refractivity contribution >= 4 is 5.97 Å². The number of hydrogen-bond acceptors (Lipinski definition) is 3. The number of esters is 1. The van der Waals surface area contributed by atoms with E-state index >= 15 is 0 Å². The number of allylic oxidation sites excluding steroid dienone is 2. The third kappa shape index (κ3) is 4.06. The molecule has 1 aromatic rings. The molecule has 5 rings (SSSR count). The van der Waals surface area contributed by atoms with Gasteiger partial charge in [-0.1, -0.05) is 50.1 Å². The Hall–Kier alpha value is -1.61. The Bertz CT molecular complexity index is 920. The second kappa shape index (κ2) is 9.45. The van der Waals surface area contributed by atoms with Gasteiger partial charge in [-0.15, -0.1) is 0 Å². The summed E-state index contributed by atoms with van der Waals surface area (Å²) in [6.07, 6.45) is 13.2. The quantitative estimate of drug-likeness (QED) is 0.354. The third-order valence-electron chi connectivity index (χ3n) is 10.8. The van der Waals surface area contributed by atoms with Crippen LogP contribution in [0.15, 0.2) is 41.5 Å². The van der Waals surface area contributed by atoms with Gasteiger partial charge in [0.25, 0.3) is 0 Å². The van der Waals surface area contributed by atoms with Crippen molar-refractivity contribution < 1.29 is 14.6 Å². The summed E-state index contributed by atoms with van der Waals surface area (Å²) in [4.78, 5) is 12.6. The van der Waals surface area contributed by atoms with Gasteiger partial charge in [0, 0.05) is 6.61 Å². The van der Waals surface area contributed by atoms with E-state index in [0.29, 0.717) is 34.8 Å². The van der Waals surface area contributed by atoms with E-state index < -0.39 is 0 Å². The van der Waals surface area contributed by atoms with Crippen LogP contribution in [0.2, 0.25) is 0 Å². The average Bonchev–Trinajstić information content (AvgIpc) is 3.20. The molecule has 0 aromatic heterocycles. The van der Waals surface area contributed by atoms with Crippen LogP contribution in [0, 0.1) is 34.5 Å². The van der Waals surface area contributed by atoms with E-state index in [4.69, 9.17) is 4.74 Å². The van der Waals surface area contributed by atoms with Crippen molar-refractivity contribution in [2.75, 3.05) is 6.61 Å². The van der Waals surface area contributed by atoms with Crippen LogP contribution >= 0.6 is 0 Å². The van der Waals surface area contributed by atoms with Gasteiger partial charge in [0.1, 0.15) is 6.10 Å². The lowest BCUT2D eigenvalue weighted by molar-refractivity contribution is -0.0157. The van der Waals surface area contributed by atoms with Crippen molar-refractivity contribution in [3.05, 3.63) is 47.0 Å². The molecule has 0 spiro atoms. The minimum Gasteiger partial charge on any atom is -0.459 e. The average molecular weight is 465 g/mol. The van der Waals surface area contributed by atoms with E-state index in [9.17, 15) is 9.90 Å². The normalized spacial score (nSPS) is 38.0. The van der Waals surface area contributed by atoms with Crippen LogP contribution in [0.5, 0.6) is 0 Å². The molecule has 4 aliphatic rings. The number of benzene rings is 1. The van der Waals surface area contributed by atoms with Crippen molar-refractivity contribution in [2.24, 2.45) is 34.5 Å². The van der Waals surface area contributed by atoms with Gasteiger partial charge in [-0.3, -0.25) is 0 Å². The molecule has 0 aliphatic heterocycles. The van der Waals surface area contributed by atoms with Crippen LogP contribution in [0.25, 0.3) is 0 Å². The van der Waals surface area contributed by atoms with Gasteiger partial charge in [-0.05, 0) is 117 Å². The molecule has 2 fully saturated rings. The van der Waals surface area contributed by atoms with Gasteiger partial charge < -0.3 is 9.84 Å². The zero-order valence-corrected chi connectivity index (χ0v) is 21.5. The largest absolute Gasteiger partial charge is 0.459 e. The SMILES string of the molecule is C[C@H](CCCO)[C@H]1CC[C@H]2C3=C(CC[C@]12C)[C@@]1(C)CC[C@H](OC(=O)c2ccccc2)C[C@@H]1CC3. The molecule has 2 saturated carbocycles. The molecule has 186 valence electrons. The van der Waals surface area contributed by atoms with E-state index in [1.807, 2.05) is 41.5 Å². The Kier molecular flexibility index (Phi) is 6.70. The maximum Gasteiger partial charge on any atom is 0.338 e. The maximum atomic E-state index is 12.6. The minimum absolute atomic E-state index is 0.0602. The minimum atomic E-state index is -0.161. The summed E-state index contributed by atoms with van der Waals surface area (Å²) in [6.45, 7) is 7.91. The van der Waals surface area contributed by atoms with Crippen LogP contribution < -0.4 is 0 Å². The van der Waals surface area contributed by atoms with Gasteiger partial charge in [-0.25, -0.2) is 4.79 Å². The number of fused-ring (bicyclic) bond motifs is 4. The van der Waals surface area contributed by atoms with Crippen LogP contribution in [-0.4, -0.2) is 23.8 Å². The Morgan fingerprint density at radius 2 is 1.88 bits per heavy atom. The zero-order valence-electron chi connectivity index (χ0n) is 21.5. The Labute approximate surface area is 206 Å². The van der Waals surface area contributed by atoms with Crippen LogP contribution in [0.4, 0.5) is 0 Å². The number of aliphatic hydroxyl groups excluding tert-OH is 1. The molecule has 1 N–H and O–H groups in total. The van der Waals surface area contributed by atoms with Crippen molar-refractivity contribution in [3.8, 4) is 0 Å². The number of rotatable bonds is 6. The summed E-state index contributed by atoms with van der Waals surface area (Å²) in [6, 6.07) is 9.45. The molecule has 4 aliphatic carbocycles. The highest BCUT2D eigenvalue weighted by atomic mass is 16.5. The molecular weight excluding hydrogens is 420 g/mol. The molecule has 1 aromatic carbocycles. The van der Waals surface area contributed by atoms with E-state index in [1.165, 1.54) is 38.5 Å². The summed E-state index contributed by atoms with van der Waals surface area (Å²) in [5, 5.41) is 9.34. The van der Waals surface area contributed by atoms with Gasteiger partial charge in [0.15, 0.2) is 0 Å². The van der Waals surface area contributed by atoms with Gasteiger partial charge in [0.05, 0.1) is 5.56 Å². The topological polar surface area (TPSA) is 46.5 Å². The summed E-state index contributed by atoms with van der Waals surface area (Å²) >= 11 is 0. The number of hydrogen-bond donors (Lipinski definition) is 1. The number of carbonyl (C=O) groups excluding carboxylic acids is 1. The van der Waals surface area contributed by atoms with E-state index in [2.05, 4.69) is 20.8 Å². The fourth-order valence-electron chi connectivity index (χ4n) is 8.91.